The van der Waals surface area contributed by atoms with Crippen molar-refractivity contribution in [2.75, 3.05) is 14.2 Å². The molecular formula is C17H22FNO3. The van der Waals surface area contributed by atoms with Gasteiger partial charge in [0, 0.05) is 5.56 Å². The zero-order chi connectivity index (χ0) is 16.4. The van der Waals surface area contributed by atoms with Crippen LogP contribution in [0.15, 0.2) is 17.1 Å². The summed E-state index contributed by atoms with van der Waals surface area (Å²) in [6.45, 7) is 2.94. The molecule has 0 atom stereocenters. The lowest BCUT2D eigenvalue weighted by Gasteiger charge is -2.27. The summed E-state index contributed by atoms with van der Waals surface area (Å²) in [5, 5.41) is 0. The van der Waals surface area contributed by atoms with Crippen LogP contribution in [-0.2, 0) is 16.0 Å². The van der Waals surface area contributed by atoms with Crippen LogP contribution >= 0.6 is 0 Å². The third-order valence-corrected chi connectivity index (χ3v) is 4.35. The molecule has 1 aliphatic rings. The maximum Gasteiger partial charge on any atom is 0.235 e. The van der Waals surface area contributed by atoms with Crippen molar-refractivity contribution in [3.63, 3.8) is 0 Å². The molecule has 1 aliphatic carbocycles. The Bertz CT molecular complexity index is 595. The number of rotatable bonds is 5. The lowest BCUT2D eigenvalue weighted by Crippen LogP contribution is -2.21. The highest BCUT2D eigenvalue weighted by Gasteiger charge is 2.38. The summed E-state index contributed by atoms with van der Waals surface area (Å²) >= 11 is 0. The van der Waals surface area contributed by atoms with E-state index in [1.807, 2.05) is 0 Å². The van der Waals surface area contributed by atoms with Crippen LogP contribution in [0.25, 0.3) is 0 Å². The maximum absolute atomic E-state index is 14.6. The number of methoxy groups -OCH3 is 2. The summed E-state index contributed by atoms with van der Waals surface area (Å²) in [7, 11) is 3.00. The Morgan fingerprint density at radius 3 is 2.32 bits per heavy atom. The number of halogens is 1. The molecule has 0 radical (unpaired) electrons. The number of carbonyl (C=O) groups excluding carboxylic acids is 1. The van der Waals surface area contributed by atoms with Crippen molar-refractivity contribution in [2.45, 2.75) is 50.7 Å². The first-order chi connectivity index (χ1) is 10.4. The second kappa shape index (κ2) is 6.09. The van der Waals surface area contributed by atoms with Crippen LogP contribution in [0.4, 0.5) is 4.39 Å². The van der Waals surface area contributed by atoms with Gasteiger partial charge in [0.25, 0.3) is 0 Å². The molecule has 4 nitrogen and oxygen atoms in total. The van der Waals surface area contributed by atoms with E-state index in [0.29, 0.717) is 17.1 Å². The minimum atomic E-state index is -1.60. The van der Waals surface area contributed by atoms with Crippen LogP contribution < -0.4 is 9.47 Å². The van der Waals surface area contributed by atoms with Crippen LogP contribution in [0.5, 0.6) is 11.5 Å². The van der Waals surface area contributed by atoms with Crippen LogP contribution in [0.3, 0.4) is 0 Å². The molecule has 0 spiro atoms. The number of ether oxygens (including phenoxy) is 2. The van der Waals surface area contributed by atoms with Crippen molar-refractivity contribution >= 4 is 6.08 Å². The van der Waals surface area contributed by atoms with Crippen LogP contribution in [0.1, 0.15) is 50.7 Å². The first-order valence-corrected chi connectivity index (χ1v) is 7.43. The number of hydrogen-bond donors (Lipinski definition) is 0. The molecule has 22 heavy (non-hydrogen) atoms. The second-order valence-electron chi connectivity index (χ2n) is 6.17. The summed E-state index contributed by atoms with van der Waals surface area (Å²) in [6, 6.07) is 3.54. The van der Waals surface area contributed by atoms with E-state index < -0.39 is 11.2 Å². The van der Waals surface area contributed by atoms with E-state index in [-0.39, 0.29) is 0 Å². The molecule has 0 aromatic heterocycles. The number of aliphatic imine (C=N–C) groups is 1. The Hall–Kier alpha value is -1.87. The van der Waals surface area contributed by atoms with Gasteiger partial charge in [-0.05, 0) is 44.4 Å². The van der Waals surface area contributed by atoms with Gasteiger partial charge >= 0.3 is 0 Å². The second-order valence-corrected chi connectivity index (χ2v) is 6.17. The van der Waals surface area contributed by atoms with Gasteiger partial charge in [-0.25, -0.2) is 9.18 Å². The topological polar surface area (TPSA) is 47.9 Å². The first kappa shape index (κ1) is 16.5. The summed E-state index contributed by atoms with van der Waals surface area (Å²) in [4.78, 5) is 14.9. The highest BCUT2D eigenvalue weighted by atomic mass is 19.1. The molecule has 0 bridgehead atoms. The quantitative estimate of drug-likeness (QED) is 0.610. The highest BCUT2D eigenvalue weighted by Crippen LogP contribution is 2.48. The fourth-order valence-electron chi connectivity index (χ4n) is 3.19. The molecule has 0 unspecified atom stereocenters. The van der Waals surface area contributed by atoms with Crippen molar-refractivity contribution in [2.24, 2.45) is 4.99 Å². The molecule has 1 saturated carbocycles. The van der Waals surface area contributed by atoms with Gasteiger partial charge in [0.2, 0.25) is 6.08 Å². The molecule has 0 heterocycles. The largest absolute Gasteiger partial charge is 0.493 e. The Morgan fingerprint density at radius 1 is 1.23 bits per heavy atom. The molecule has 1 fully saturated rings. The predicted molar refractivity (Wildman–Crippen MR) is 81.9 cm³/mol. The summed E-state index contributed by atoms with van der Waals surface area (Å²) < 4.78 is 25.3. The van der Waals surface area contributed by atoms with Crippen molar-refractivity contribution < 1.29 is 18.7 Å². The zero-order valence-corrected chi connectivity index (χ0v) is 13.5. The van der Waals surface area contributed by atoms with E-state index in [0.717, 1.165) is 31.2 Å². The third-order valence-electron chi connectivity index (χ3n) is 4.35. The van der Waals surface area contributed by atoms with Gasteiger partial charge in [-0.15, -0.1) is 0 Å². The van der Waals surface area contributed by atoms with Gasteiger partial charge in [0.15, 0.2) is 11.5 Å². The monoisotopic (exact) mass is 307 g/mol. The fraction of sp³-hybridized carbons (Fsp3) is 0.588. The van der Waals surface area contributed by atoms with Gasteiger partial charge in [0.05, 0.1) is 19.8 Å². The number of benzene rings is 1. The molecule has 0 saturated heterocycles. The normalized spacial score (nSPS) is 17.0. The molecule has 0 N–H and O–H groups in total. The van der Waals surface area contributed by atoms with Crippen LogP contribution in [-0.4, -0.2) is 20.3 Å². The summed E-state index contributed by atoms with van der Waals surface area (Å²) in [6.07, 6.45) is 5.15. The molecule has 1 aromatic rings. The summed E-state index contributed by atoms with van der Waals surface area (Å²) in [5.74, 6) is 0.829. The average Bonchev–Trinajstić information content (AvgIpc) is 2.95. The van der Waals surface area contributed by atoms with Crippen molar-refractivity contribution in [1.82, 2.24) is 0 Å². The summed E-state index contributed by atoms with van der Waals surface area (Å²) in [5.41, 5.74) is -1.04. The molecule has 120 valence electrons. The minimum Gasteiger partial charge on any atom is -0.493 e. The van der Waals surface area contributed by atoms with Gasteiger partial charge in [0.1, 0.15) is 5.67 Å². The lowest BCUT2D eigenvalue weighted by molar-refractivity contribution is 0.210. The molecule has 5 heteroatoms. The standard InChI is InChI=1S/C17H22FNO3/c1-16(2,18)13-9-12(10-14(21-3)15(13)22-4)17(19-11-20)7-5-6-8-17/h9-10H,5-8H2,1-4H3. The highest BCUT2D eigenvalue weighted by molar-refractivity contribution is 5.54. The molecule has 0 amide bonds. The Morgan fingerprint density at radius 2 is 1.86 bits per heavy atom. The lowest BCUT2D eigenvalue weighted by atomic mass is 9.85. The van der Waals surface area contributed by atoms with E-state index in [1.165, 1.54) is 28.1 Å². The maximum atomic E-state index is 14.6. The Kier molecular flexibility index (Phi) is 4.57. The van der Waals surface area contributed by atoms with E-state index in [2.05, 4.69) is 4.99 Å². The average molecular weight is 307 g/mol. The third kappa shape index (κ3) is 2.86. The predicted octanol–water partition coefficient (Wildman–Crippen LogP) is 4.01. The number of isocyanates is 1. The number of alkyl halides is 1. The van der Waals surface area contributed by atoms with E-state index in [4.69, 9.17) is 9.47 Å². The number of hydrogen-bond acceptors (Lipinski definition) is 4. The smallest absolute Gasteiger partial charge is 0.235 e. The first-order valence-electron chi connectivity index (χ1n) is 7.43. The van der Waals surface area contributed by atoms with Crippen LogP contribution in [0.2, 0.25) is 0 Å². The minimum absolute atomic E-state index is 0.377. The number of nitrogens with zero attached hydrogens (tertiary/aromatic N) is 1. The van der Waals surface area contributed by atoms with Gasteiger partial charge in [-0.3, -0.25) is 0 Å². The van der Waals surface area contributed by atoms with Gasteiger partial charge < -0.3 is 9.47 Å². The molecule has 2 rings (SSSR count). The fourth-order valence-corrected chi connectivity index (χ4v) is 3.19. The Labute approximate surface area is 130 Å². The van der Waals surface area contributed by atoms with Crippen molar-refractivity contribution in [3.8, 4) is 11.5 Å². The van der Waals surface area contributed by atoms with Gasteiger partial charge in [-0.1, -0.05) is 12.8 Å². The van der Waals surface area contributed by atoms with Gasteiger partial charge in [-0.2, -0.15) is 4.99 Å². The zero-order valence-electron chi connectivity index (χ0n) is 13.5. The molecule has 1 aromatic carbocycles. The van der Waals surface area contributed by atoms with E-state index in [9.17, 15) is 9.18 Å². The van der Waals surface area contributed by atoms with E-state index >= 15 is 0 Å². The van der Waals surface area contributed by atoms with E-state index in [1.54, 1.807) is 18.2 Å². The van der Waals surface area contributed by atoms with Crippen LogP contribution in [0, 0.1) is 0 Å². The molecular weight excluding hydrogens is 285 g/mol. The van der Waals surface area contributed by atoms with Crippen molar-refractivity contribution in [3.05, 3.63) is 23.3 Å². The molecule has 0 aliphatic heterocycles. The SMILES string of the molecule is COc1cc(C2(N=C=O)CCCC2)cc(C(C)(C)F)c1OC. The Balaban J connectivity index is 2.69. The van der Waals surface area contributed by atoms with Crippen molar-refractivity contribution in [1.29, 1.82) is 0 Å².